The van der Waals surface area contributed by atoms with Crippen molar-refractivity contribution in [2.24, 2.45) is 0 Å². The monoisotopic (exact) mass is 472 g/mol. The van der Waals surface area contributed by atoms with E-state index in [9.17, 15) is 0 Å². The molecule has 0 aromatic heterocycles. The molecular weight excluding hydrogens is 416 g/mol. The van der Waals surface area contributed by atoms with Crippen LogP contribution in [0.15, 0.2) is 11.6 Å². The molecule has 0 bridgehead atoms. The van der Waals surface area contributed by atoms with E-state index in [1.165, 1.54) is 116 Å². The lowest BCUT2D eigenvalue weighted by Crippen LogP contribution is -2.52. The smallest absolute Gasteiger partial charge is 0.147 e. The van der Waals surface area contributed by atoms with E-state index in [1.807, 2.05) is 0 Å². The fourth-order valence-electron chi connectivity index (χ4n) is 8.14. The largest absolute Gasteiger partial charge is 0.353 e. The molecule has 0 aromatic rings. The molecule has 4 nitrogen and oxygen atoms in total. The third-order valence-electron chi connectivity index (χ3n) is 9.41. The molecule has 0 aromatic carbocycles. The van der Waals surface area contributed by atoms with Gasteiger partial charge >= 0.3 is 0 Å². The molecule has 0 amide bonds. The van der Waals surface area contributed by atoms with Gasteiger partial charge in [0.25, 0.3) is 0 Å². The number of nitrogens with zero attached hydrogens (tertiary/aromatic N) is 4. The SMILES string of the molecule is CCCCN1CC2(CCCCC2)N(C(C)C)/C1=C1\N(CCCC)CC2(CCCCC2)N1C(C)C. The van der Waals surface area contributed by atoms with Gasteiger partial charge in [-0.25, -0.2) is 0 Å². The molecule has 2 aliphatic carbocycles. The van der Waals surface area contributed by atoms with E-state index in [0.29, 0.717) is 23.2 Å². The molecule has 4 aliphatic rings. The first kappa shape index (κ1) is 26.0. The van der Waals surface area contributed by atoms with E-state index < -0.39 is 0 Å². The third kappa shape index (κ3) is 4.69. The van der Waals surface area contributed by atoms with Crippen LogP contribution in [0.1, 0.15) is 131 Å². The minimum Gasteiger partial charge on any atom is -0.353 e. The average molecular weight is 473 g/mol. The molecule has 2 heterocycles. The van der Waals surface area contributed by atoms with Crippen LogP contribution in [-0.4, -0.2) is 68.9 Å². The van der Waals surface area contributed by atoms with Crippen molar-refractivity contribution in [1.29, 1.82) is 0 Å². The van der Waals surface area contributed by atoms with Crippen LogP contribution in [0.2, 0.25) is 0 Å². The summed E-state index contributed by atoms with van der Waals surface area (Å²) >= 11 is 0. The standard InChI is InChI=1S/C30H56N4/c1-7-9-21-31-23-29(17-13-11-14-18-29)33(25(3)4)27(31)28-32(22-10-8-2)24-30(34(28)26(5)6)19-15-12-16-20-30/h25-26H,7-24H2,1-6H3/b28-27+. The van der Waals surface area contributed by atoms with Gasteiger partial charge in [0.1, 0.15) is 11.6 Å². The molecule has 4 rings (SSSR count). The second-order valence-electron chi connectivity index (χ2n) is 12.7. The Kier molecular flexibility index (Phi) is 8.35. The minimum absolute atomic E-state index is 0.351. The highest BCUT2D eigenvalue weighted by atomic mass is 15.5. The first-order valence-electron chi connectivity index (χ1n) is 15.2. The van der Waals surface area contributed by atoms with Crippen LogP contribution < -0.4 is 0 Å². The van der Waals surface area contributed by atoms with Crippen molar-refractivity contribution >= 4 is 0 Å². The third-order valence-corrected chi connectivity index (χ3v) is 9.41. The minimum atomic E-state index is 0.351. The van der Waals surface area contributed by atoms with Gasteiger partial charge in [0.15, 0.2) is 0 Å². The normalized spacial score (nSPS) is 26.8. The first-order valence-corrected chi connectivity index (χ1v) is 15.2. The second-order valence-corrected chi connectivity index (χ2v) is 12.7. The Morgan fingerprint density at radius 2 is 0.941 bits per heavy atom. The molecule has 34 heavy (non-hydrogen) atoms. The highest BCUT2D eigenvalue weighted by molar-refractivity contribution is 5.28. The Morgan fingerprint density at radius 3 is 1.24 bits per heavy atom. The molecule has 2 saturated carbocycles. The summed E-state index contributed by atoms with van der Waals surface area (Å²) in [5.41, 5.74) is 0.702. The summed E-state index contributed by atoms with van der Waals surface area (Å²) < 4.78 is 0. The fourth-order valence-corrected chi connectivity index (χ4v) is 8.14. The summed E-state index contributed by atoms with van der Waals surface area (Å²) in [4.78, 5) is 11.7. The second kappa shape index (κ2) is 10.9. The van der Waals surface area contributed by atoms with Crippen LogP contribution >= 0.6 is 0 Å². The Balaban J connectivity index is 1.87. The molecule has 196 valence electrons. The number of hydrogen-bond acceptors (Lipinski definition) is 4. The van der Waals surface area contributed by atoms with Crippen LogP contribution in [0.5, 0.6) is 0 Å². The summed E-state index contributed by atoms with van der Waals surface area (Å²) in [6.07, 6.45) is 19.2. The maximum absolute atomic E-state index is 2.97. The molecule has 0 radical (unpaired) electrons. The molecule has 2 saturated heterocycles. The van der Waals surface area contributed by atoms with Crippen molar-refractivity contribution in [3.63, 3.8) is 0 Å². The van der Waals surface area contributed by atoms with Gasteiger partial charge in [-0.1, -0.05) is 65.2 Å². The zero-order valence-corrected chi connectivity index (χ0v) is 23.7. The van der Waals surface area contributed by atoms with Gasteiger partial charge in [-0.15, -0.1) is 0 Å². The van der Waals surface area contributed by atoms with Gasteiger partial charge in [0.05, 0.1) is 11.1 Å². The Hall–Kier alpha value is -1.06. The van der Waals surface area contributed by atoms with Gasteiger partial charge in [0.2, 0.25) is 0 Å². The van der Waals surface area contributed by atoms with Crippen LogP contribution in [0.3, 0.4) is 0 Å². The van der Waals surface area contributed by atoms with E-state index in [2.05, 4.69) is 61.1 Å². The van der Waals surface area contributed by atoms with Gasteiger partial charge in [0, 0.05) is 38.3 Å². The van der Waals surface area contributed by atoms with Crippen molar-refractivity contribution in [2.45, 2.75) is 155 Å². The molecule has 0 unspecified atom stereocenters. The highest BCUT2D eigenvalue weighted by Crippen LogP contribution is 2.50. The molecule has 0 atom stereocenters. The molecule has 0 N–H and O–H groups in total. The molecule has 2 aliphatic heterocycles. The maximum Gasteiger partial charge on any atom is 0.147 e. The molecule has 2 spiro atoms. The molecule has 4 fully saturated rings. The lowest BCUT2D eigenvalue weighted by Gasteiger charge is -2.47. The summed E-state index contributed by atoms with van der Waals surface area (Å²) in [5.74, 6) is 3.25. The summed E-state index contributed by atoms with van der Waals surface area (Å²) in [6, 6.07) is 1.11. The maximum atomic E-state index is 2.97. The van der Waals surface area contributed by atoms with E-state index in [0.717, 1.165) is 0 Å². The average Bonchev–Trinajstić information content (AvgIpc) is 3.29. The zero-order valence-electron chi connectivity index (χ0n) is 23.7. The van der Waals surface area contributed by atoms with Crippen molar-refractivity contribution < 1.29 is 0 Å². The summed E-state index contributed by atoms with van der Waals surface area (Å²) in [6.45, 7) is 19.6. The van der Waals surface area contributed by atoms with Crippen LogP contribution in [0.4, 0.5) is 0 Å². The quantitative estimate of drug-likeness (QED) is 0.371. The van der Waals surface area contributed by atoms with Crippen molar-refractivity contribution in [1.82, 2.24) is 19.6 Å². The Labute approximate surface area is 212 Å². The van der Waals surface area contributed by atoms with E-state index in [4.69, 9.17) is 0 Å². The predicted molar refractivity (Wildman–Crippen MR) is 146 cm³/mol. The highest BCUT2D eigenvalue weighted by Gasteiger charge is 2.55. The number of hydrogen-bond donors (Lipinski definition) is 0. The van der Waals surface area contributed by atoms with Gasteiger partial charge in [-0.3, -0.25) is 0 Å². The van der Waals surface area contributed by atoms with Crippen LogP contribution in [0.25, 0.3) is 0 Å². The van der Waals surface area contributed by atoms with E-state index in [1.54, 1.807) is 11.6 Å². The first-order chi connectivity index (χ1) is 16.4. The van der Waals surface area contributed by atoms with Crippen molar-refractivity contribution in [3.8, 4) is 0 Å². The fraction of sp³-hybridized carbons (Fsp3) is 0.933. The summed E-state index contributed by atoms with van der Waals surface area (Å²) in [7, 11) is 0. The van der Waals surface area contributed by atoms with Crippen molar-refractivity contribution in [2.75, 3.05) is 26.2 Å². The van der Waals surface area contributed by atoms with Crippen LogP contribution in [-0.2, 0) is 0 Å². The number of unbranched alkanes of at least 4 members (excludes halogenated alkanes) is 2. The summed E-state index contributed by atoms with van der Waals surface area (Å²) in [5, 5.41) is 0. The Morgan fingerprint density at radius 1 is 0.588 bits per heavy atom. The zero-order chi connectivity index (χ0) is 24.3. The number of rotatable bonds is 8. The van der Waals surface area contributed by atoms with Gasteiger partial charge in [-0.2, -0.15) is 0 Å². The van der Waals surface area contributed by atoms with Gasteiger partial charge < -0.3 is 19.6 Å². The van der Waals surface area contributed by atoms with E-state index >= 15 is 0 Å². The van der Waals surface area contributed by atoms with E-state index in [-0.39, 0.29) is 0 Å². The Bertz CT molecular complexity index is 626. The predicted octanol–water partition coefficient (Wildman–Crippen LogP) is 7.17. The van der Waals surface area contributed by atoms with Crippen molar-refractivity contribution in [3.05, 3.63) is 11.6 Å². The molecule has 4 heteroatoms. The lowest BCUT2D eigenvalue weighted by atomic mass is 9.80. The topological polar surface area (TPSA) is 13.0 Å². The molecular formula is C30H56N4. The van der Waals surface area contributed by atoms with Gasteiger partial charge in [-0.05, 0) is 66.2 Å². The lowest BCUT2D eigenvalue weighted by molar-refractivity contribution is 0.0747. The van der Waals surface area contributed by atoms with Crippen LogP contribution in [0, 0.1) is 0 Å².